The van der Waals surface area contributed by atoms with Crippen LogP contribution in [-0.2, 0) is 13.0 Å². The van der Waals surface area contributed by atoms with Crippen LogP contribution in [0, 0.1) is 0 Å². The number of benzene rings is 1. The van der Waals surface area contributed by atoms with E-state index in [0.717, 1.165) is 41.4 Å². The number of rotatable bonds is 8. The Hall–Kier alpha value is -1.00. The van der Waals surface area contributed by atoms with Crippen LogP contribution >= 0.6 is 51.2 Å². The minimum Gasteiger partial charge on any atom is -0.493 e. The molecule has 0 saturated carbocycles. The van der Waals surface area contributed by atoms with Gasteiger partial charge in [0, 0.05) is 27.8 Å². The van der Waals surface area contributed by atoms with Crippen LogP contribution in [0.25, 0.3) is 0 Å². The van der Waals surface area contributed by atoms with Gasteiger partial charge in [0.2, 0.25) is 0 Å². The van der Waals surface area contributed by atoms with Crippen molar-refractivity contribution in [2.75, 3.05) is 27.3 Å². The number of thiophene rings is 1. The van der Waals surface area contributed by atoms with E-state index in [4.69, 9.17) is 9.47 Å². The van der Waals surface area contributed by atoms with Crippen molar-refractivity contribution < 1.29 is 9.47 Å². The second kappa shape index (κ2) is 12.4. The first-order valence-electron chi connectivity index (χ1n) is 8.12. The first-order chi connectivity index (χ1) is 12.2. The molecule has 2 aromatic rings. The summed E-state index contributed by atoms with van der Waals surface area (Å²) < 4.78 is 11.7. The fourth-order valence-electron chi connectivity index (χ4n) is 2.30. The topological polar surface area (TPSA) is 54.9 Å². The van der Waals surface area contributed by atoms with Crippen molar-refractivity contribution in [3.63, 3.8) is 0 Å². The average Bonchev–Trinajstić information content (AvgIpc) is 3.04. The molecule has 1 aromatic heterocycles. The molecule has 1 heterocycles. The lowest BCUT2D eigenvalue weighted by Crippen LogP contribution is -2.38. The predicted octanol–water partition coefficient (Wildman–Crippen LogP) is 4.44. The van der Waals surface area contributed by atoms with E-state index in [1.54, 1.807) is 25.6 Å². The lowest BCUT2D eigenvalue weighted by molar-refractivity contribution is 0.354. The summed E-state index contributed by atoms with van der Waals surface area (Å²) in [6.07, 6.45) is 0.870. The van der Waals surface area contributed by atoms with Gasteiger partial charge in [-0.15, -0.1) is 35.3 Å². The molecule has 0 atom stereocenters. The molecule has 1 aromatic carbocycles. The van der Waals surface area contributed by atoms with E-state index < -0.39 is 0 Å². The van der Waals surface area contributed by atoms with E-state index in [9.17, 15) is 0 Å². The van der Waals surface area contributed by atoms with Crippen LogP contribution < -0.4 is 20.1 Å². The minimum atomic E-state index is 0. The Bertz CT molecular complexity index is 709. The smallest absolute Gasteiger partial charge is 0.191 e. The number of aliphatic imine (C=N–C) groups is 1. The van der Waals surface area contributed by atoms with Crippen molar-refractivity contribution in [1.29, 1.82) is 0 Å². The van der Waals surface area contributed by atoms with Crippen LogP contribution in [0.4, 0.5) is 0 Å². The number of hydrogen-bond donors (Lipinski definition) is 2. The van der Waals surface area contributed by atoms with E-state index in [0.29, 0.717) is 6.54 Å². The summed E-state index contributed by atoms with van der Waals surface area (Å²) in [5.74, 6) is 2.33. The van der Waals surface area contributed by atoms with Crippen molar-refractivity contribution in [1.82, 2.24) is 10.6 Å². The van der Waals surface area contributed by atoms with E-state index >= 15 is 0 Å². The van der Waals surface area contributed by atoms with Crippen LogP contribution in [0.1, 0.15) is 17.4 Å². The average molecular weight is 554 g/mol. The zero-order chi connectivity index (χ0) is 18.1. The van der Waals surface area contributed by atoms with E-state index in [1.165, 1.54) is 10.4 Å². The highest BCUT2D eigenvalue weighted by Crippen LogP contribution is 2.27. The van der Waals surface area contributed by atoms with E-state index in [2.05, 4.69) is 56.0 Å². The summed E-state index contributed by atoms with van der Waals surface area (Å²) in [5.41, 5.74) is 1.18. The molecule has 0 amide bonds. The fraction of sp³-hybridized carbons (Fsp3) is 0.389. The van der Waals surface area contributed by atoms with Crippen molar-refractivity contribution in [3.8, 4) is 11.5 Å². The molecule has 5 nitrogen and oxygen atoms in total. The van der Waals surface area contributed by atoms with Gasteiger partial charge in [0.1, 0.15) is 0 Å². The van der Waals surface area contributed by atoms with Crippen LogP contribution in [0.5, 0.6) is 11.5 Å². The molecule has 2 rings (SSSR count). The molecule has 144 valence electrons. The van der Waals surface area contributed by atoms with Gasteiger partial charge >= 0.3 is 0 Å². The maximum absolute atomic E-state index is 5.35. The predicted molar refractivity (Wildman–Crippen MR) is 124 cm³/mol. The summed E-state index contributed by atoms with van der Waals surface area (Å²) in [5, 5.41) is 8.72. The third-order valence-corrected chi connectivity index (χ3v) is 5.20. The van der Waals surface area contributed by atoms with Gasteiger partial charge in [0.15, 0.2) is 17.5 Å². The highest BCUT2D eigenvalue weighted by Gasteiger charge is 2.05. The maximum Gasteiger partial charge on any atom is 0.191 e. The van der Waals surface area contributed by atoms with Gasteiger partial charge in [-0.3, -0.25) is 0 Å². The first-order valence-corrected chi connectivity index (χ1v) is 9.79. The van der Waals surface area contributed by atoms with E-state index in [1.807, 2.05) is 12.1 Å². The van der Waals surface area contributed by atoms with Gasteiger partial charge in [-0.1, -0.05) is 6.07 Å². The van der Waals surface area contributed by atoms with Gasteiger partial charge < -0.3 is 20.1 Å². The summed E-state index contributed by atoms with van der Waals surface area (Å²) in [7, 11) is 3.29. The molecule has 2 N–H and O–H groups in total. The molecule has 0 spiro atoms. The van der Waals surface area contributed by atoms with Gasteiger partial charge in [0.25, 0.3) is 0 Å². The maximum atomic E-state index is 5.35. The molecular formula is C18H25BrIN3O2S. The molecule has 0 unspecified atom stereocenters. The molecule has 0 aliphatic carbocycles. The van der Waals surface area contributed by atoms with Crippen LogP contribution in [0.3, 0.4) is 0 Å². The zero-order valence-electron chi connectivity index (χ0n) is 15.2. The lowest BCUT2D eigenvalue weighted by Gasteiger charge is -2.12. The Morgan fingerprint density at radius 3 is 2.54 bits per heavy atom. The molecule has 0 fully saturated rings. The largest absolute Gasteiger partial charge is 0.493 e. The standard InChI is InChI=1S/C18H24BrN3O2S.HI/c1-4-20-18(22-11-15-10-14(19)12-25-15)21-8-7-13-5-6-16(23-2)17(9-13)24-3;/h5-6,9-10,12H,4,7-8,11H2,1-3H3,(H2,20,21,22);1H. The second-order valence-corrected chi connectivity index (χ2v) is 7.20. The van der Waals surface area contributed by atoms with Gasteiger partial charge in [-0.25, -0.2) is 4.99 Å². The van der Waals surface area contributed by atoms with Crippen molar-refractivity contribution in [3.05, 3.63) is 44.6 Å². The number of guanidine groups is 1. The Kier molecular flexibility index (Phi) is 11.0. The Balaban J connectivity index is 0.00000338. The molecule has 0 aliphatic rings. The van der Waals surface area contributed by atoms with Gasteiger partial charge in [-0.2, -0.15) is 0 Å². The Morgan fingerprint density at radius 1 is 1.15 bits per heavy atom. The van der Waals surface area contributed by atoms with Crippen LogP contribution in [0.2, 0.25) is 0 Å². The molecule has 0 saturated heterocycles. The van der Waals surface area contributed by atoms with Crippen molar-refractivity contribution >= 4 is 57.2 Å². The van der Waals surface area contributed by atoms with Gasteiger partial charge in [0.05, 0.1) is 20.8 Å². The van der Waals surface area contributed by atoms with Crippen LogP contribution in [-0.4, -0.2) is 33.3 Å². The molecule has 0 aliphatic heterocycles. The molecule has 0 radical (unpaired) electrons. The highest BCUT2D eigenvalue weighted by molar-refractivity contribution is 14.0. The fourth-order valence-corrected chi connectivity index (χ4v) is 3.67. The third-order valence-electron chi connectivity index (χ3n) is 3.51. The summed E-state index contributed by atoms with van der Waals surface area (Å²) in [4.78, 5) is 5.85. The minimum absolute atomic E-state index is 0. The molecular weight excluding hydrogens is 529 g/mol. The number of ether oxygens (including phenoxy) is 2. The Morgan fingerprint density at radius 2 is 1.92 bits per heavy atom. The number of methoxy groups -OCH3 is 2. The quantitative estimate of drug-likeness (QED) is 0.288. The van der Waals surface area contributed by atoms with Crippen LogP contribution in [0.15, 0.2) is 39.1 Å². The second-order valence-electron chi connectivity index (χ2n) is 5.29. The molecule has 8 heteroatoms. The molecule has 26 heavy (non-hydrogen) atoms. The first kappa shape index (κ1) is 23.0. The Labute approximate surface area is 184 Å². The summed E-state index contributed by atoms with van der Waals surface area (Å²) in [6, 6.07) is 8.09. The number of halogens is 2. The number of hydrogen-bond acceptors (Lipinski definition) is 4. The molecule has 0 bridgehead atoms. The summed E-state index contributed by atoms with van der Waals surface area (Å²) >= 11 is 5.17. The lowest BCUT2D eigenvalue weighted by atomic mass is 10.1. The van der Waals surface area contributed by atoms with Crippen molar-refractivity contribution in [2.24, 2.45) is 4.99 Å². The van der Waals surface area contributed by atoms with Crippen molar-refractivity contribution in [2.45, 2.75) is 19.9 Å². The zero-order valence-corrected chi connectivity index (χ0v) is 19.9. The highest BCUT2D eigenvalue weighted by atomic mass is 127. The number of nitrogens with zero attached hydrogens (tertiary/aromatic N) is 1. The number of nitrogens with one attached hydrogen (secondary N) is 2. The van der Waals surface area contributed by atoms with Gasteiger partial charge in [-0.05, 0) is 53.0 Å². The summed E-state index contributed by atoms with van der Waals surface area (Å²) in [6.45, 7) is 4.35. The SMILES string of the molecule is CCNC(=NCc1cc(Br)cs1)NCCc1ccc(OC)c(OC)c1.I. The third kappa shape index (κ3) is 7.32. The van der Waals surface area contributed by atoms with E-state index in [-0.39, 0.29) is 24.0 Å². The normalized spacial score (nSPS) is 10.8. The monoisotopic (exact) mass is 553 g/mol.